The molecule has 0 bridgehead atoms. The topological polar surface area (TPSA) is 3.24 Å². The summed E-state index contributed by atoms with van der Waals surface area (Å²) in [7, 11) is 0. The van der Waals surface area contributed by atoms with Crippen molar-refractivity contribution in [3.05, 3.63) is 175 Å². The summed E-state index contributed by atoms with van der Waals surface area (Å²) in [6, 6.07) is 60.8. The van der Waals surface area contributed by atoms with Crippen molar-refractivity contribution >= 4 is 70.1 Å². The lowest BCUT2D eigenvalue weighted by molar-refractivity contribution is 0.660. The monoisotopic (exact) mass is 643 g/mol. The Kier molecular flexibility index (Phi) is 6.16. The molecule has 0 spiro atoms. The van der Waals surface area contributed by atoms with Crippen LogP contribution in [0.15, 0.2) is 164 Å². The first kappa shape index (κ1) is 28.3. The second-order valence-electron chi connectivity index (χ2n) is 13.8. The normalized spacial score (nSPS) is 13.3. The smallest absolute Gasteiger partial charge is 0.0540 e. The van der Waals surface area contributed by atoms with Gasteiger partial charge in [-0.3, -0.25) is 0 Å². The van der Waals surface area contributed by atoms with Crippen LogP contribution in [0.25, 0.3) is 64.0 Å². The highest BCUT2D eigenvalue weighted by Crippen LogP contribution is 2.51. The molecule has 0 radical (unpaired) electrons. The van der Waals surface area contributed by atoms with Gasteiger partial charge in [0.2, 0.25) is 0 Å². The van der Waals surface area contributed by atoms with E-state index in [4.69, 9.17) is 0 Å². The molecule has 2 heteroatoms. The van der Waals surface area contributed by atoms with E-state index in [1.165, 1.54) is 80.8 Å². The Morgan fingerprint density at radius 3 is 2.10 bits per heavy atom. The Hall–Kier alpha value is -5.70. The minimum absolute atomic E-state index is 0.0441. The number of thiophene rings is 1. The Balaban J connectivity index is 1.21. The maximum Gasteiger partial charge on any atom is 0.0540 e. The molecule has 0 saturated carbocycles. The molecule has 232 valence electrons. The highest BCUT2D eigenvalue weighted by molar-refractivity contribution is 7.25. The van der Waals surface area contributed by atoms with Crippen LogP contribution in [0, 0.1) is 0 Å². The Bertz CT molecular complexity index is 2770. The molecule has 1 aromatic heterocycles. The fourth-order valence-electron chi connectivity index (χ4n) is 8.14. The van der Waals surface area contributed by atoms with Crippen molar-refractivity contribution < 1.29 is 0 Å². The van der Waals surface area contributed by atoms with E-state index in [2.05, 4.69) is 183 Å². The summed E-state index contributed by atoms with van der Waals surface area (Å²) in [5.41, 5.74) is 11.3. The van der Waals surface area contributed by atoms with Crippen LogP contribution in [0.3, 0.4) is 0 Å². The minimum atomic E-state index is -0.0441. The number of fused-ring (bicyclic) bond motifs is 8. The second-order valence-corrected chi connectivity index (χ2v) is 14.9. The lowest BCUT2D eigenvalue weighted by atomic mass is 9.82. The van der Waals surface area contributed by atoms with Crippen LogP contribution < -0.4 is 4.90 Å². The summed E-state index contributed by atoms with van der Waals surface area (Å²) in [5.74, 6) is 0. The molecule has 9 aromatic rings. The third-order valence-corrected chi connectivity index (χ3v) is 11.7. The quantitative estimate of drug-likeness (QED) is 0.184. The van der Waals surface area contributed by atoms with E-state index in [9.17, 15) is 0 Å². The van der Waals surface area contributed by atoms with Crippen molar-refractivity contribution in [2.75, 3.05) is 4.90 Å². The van der Waals surface area contributed by atoms with E-state index in [0.717, 1.165) is 11.4 Å². The minimum Gasteiger partial charge on any atom is -0.310 e. The van der Waals surface area contributed by atoms with E-state index >= 15 is 0 Å². The summed E-state index contributed by atoms with van der Waals surface area (Å²) < 4.78 is 2.64. The molecule has 10 rings (SSSR count). The Morgan fingerprint density at radius 2 is 1.16 bits per heavy atom. The molecule has 8 aromatic carbocycles. The number of anilines is 3. The van der Waals surface area contributed by atoms with Gasteiger partial charge >= 0.3 is 0 Å². The number of nitrogens with zero attached hydrogens (tertiary/aromatic N) is 1. The van der Waals surface area contributed by atoms with Gasteiger partial charge in [-0.05, 0) is 104 Å². The predicted octanol–water partition coefficient (Wildman–Crippen LogP) is 13.8. The Labute approximate surface area is 290 Å². The maximum absolute atomic E-state index is 2.47. The molecule has 1 heterocycles. The van der Waals surface area contributed by atoms with Crippen LogP contribution in [-0.4, -0.2) is 0 Å². The molecular formula is C47H33NS. The van der Waals surface area contributed by atoms with Gasteiger partial charge in [-0.25, -0.2) is 0 Å². The fourth-order valence-corrected chi connectivity index (χ4v) is 9.27. The van der Waals surface area contributed by atoms with E-state index in [1.54, 1.807) is 0 Å². The van der Waals surface area contributed by atoms with Crippen molar-refractivity contribution in [3.63, 3.8) is 0 Å². The van der Waals surface area contributed by atoms with Gasteiger partial charge in [-0.2, -0.15) is 0 Å². The molecule has 0 amide bonds. The molecule has 49 heavy (non-hydrogen) atoms. The predicted molar refractivity (Wildman–Crippen MR) is 212 cm³/mol. The molecule has 0 N–H and O–H groups in total. The molecule has 0 unspecified atom stereocenters. The second kappa shape index (κ2) is 10.7. The summed E-state index contributed by atoms with van der Waals surface area (Å²) in [6.45, 7) is 4.70. The van der Waals surface area contributed by atoms with Crippen LogP contribution in [-0.2, 0) is 5.41 Å². The highest BCUT2D eigenvalue weighted by Gasteiger charge is 2.35. The standard InChI is InChI=1S/C47H33NS/c1-47(2)42-18-7-5-16-37(42)40-28-36(23-24-43(40)47)48(35-15-9-13-32(26-35)33-22-21-30-11-3-4-12-31(30)25-33)44-19-10-14-34-27-41-38-17-6-8-20-45(38)49-46(41)29-39(34)44/h3-29H,1-2H3. The SMILES string of the molecule is CC1(C)c2ccccc2-c2cc(N(c3cccc(-c4ccc5ccccc5c4)c3)c3cccc4cc5c(cc34)sc3ccccc35)ccc21. The van der Waals surface area contributed by atoms with Crippen LogP contribution in [0.5, 0.6) is 0 Å². The van der Waals surface area contributed by atoms with E-state index in [0.29, 0.717) is 0 Å². The summed E-state index contributed by atoms with van der Waals surface area (Å²) >= 11 is 1.88. The molecule has 1 aliphatic rings. The number of rotatable bonds is 4. The highest BCUT2D eigenvalue weighted by atomic mass is 32.1. The zero-order valence-electron chi connectivity index (χ0n) is 27.4. The summed E-state index contributed by atoms with van der Waals surface area (Å²) in [4.78, 5) is 2.47. The zero-order valence-corrected chi connectivity index (χ0v) is 28.3. The van der Waals surface area contributed by atoms with Crippen LogP contribution in [0.1, 0.15) is 25.0 Å². The van der Waals surface area contributed by atoms with Crippen molar-refractivity contribution in [2.24, 2.45) is 0 Å². The third-order valence-electron chi connectivity index (χ3n) is 10.6. The van der Waals surface area contributed by atoms with Gasteiger partial charge in [-0.15, -0.1) is 11.3 Å². The van der Waals surface area contributed by atoms with Gasteiger partial charge in [0.1, 0.15) is 0 Å². The van der Waals surface area contributed by atoms with Crippen molar-refractivity contribution in [3.8, 4) is 22.3 Å². The van der Waals surface area contributed by atoms with Gasteiger partial charge in [0, 0.05) is 42.3 Å². The van der Waals surface area contributed by atoms with Gasteiger partial charge in [0.05, 0.1) is 5.69 Å². The molecule has 0 aliphatic heterocycles. The van der Waals surface area contributed by atoms with Crippen molar-refractivity contribution in [1.29, 1.82) is 0 Å². The number of hydrogen-bond donors (Lipinski definition) is 0. The molecule has 1 nitrogen and oxygen atoms in total. The van der Waals surface area contributed by atoms with Crippen LogP contribution in [0.4, 0.5) is 17.1 Å². The number of benzene rings is 8. The third kappa shape index (κ3) is 4.38. The molecule has 1 aliphatic carbocycles. The van der Waals surface area contributed by atoms with Gasteiger partial charge in [0.25, 0.3) is 0 Å². The van der Waals surface area contributed by atoms with Crippen LogP contribution >= 0.6 is 11.3 Å². The first-order valence-electron chi connectivity index (χ1n) is 17.0. The zero-order chi connectivity index (χ0) is 32.7. The molecular weight excluding hydrogens is 611 g/mol. The molecule has 0 saturated heterocycles. The lowest BCUT2D eigenvalue weighted by Crippen LogP contribution is -2.15. The van der Waals surface area contributed by atoms with Gasteiger partial charge < -0.3 is 4.90 Å². The Morgan fingerprint density at radius 1 is 0.429 bits per heavy atom. The van der Waals surface area contributed by atoms with E-state index < -0.39 is 0 Å². The van der Waals surface area contributed by atoms with Gasteiger partial charge in [0.15, 0.2) is 0 Å². The average Bonchev–Trinajstić information content (AvgIpc) is 3.62. The van der Waals surface area contributed by atoms with Crippen molar-refractivity contribution in [2.45, 2.75) is 19.3 Å². The van der Waals surface area contributed by atoms with Gasteiger partial charge in [-0.1, -0.05) is 123 Å². The number of hydrogen-bond acceptors (Lipinski definition) is 2. The summed E-state index contributed by atoms with van der Waals surface area (Å²) in [5, 5.41) is 7.66. The largest absolute Gasteiger partial charge is 0.310 e. The molecule has 0 atom stereocenters. The molecule has 0 fully saturated rings. The average molecular weight is 644 g/mol. The van der Waals surface area contributed by atoms with Crippen molar-refractivity contribution in [1.82, 2.24) is 0 Å². The first-order chi connectivity index (χ1) is 24.0. The van der Waals surface area contributed by atoms with E-state index in [-0.39, 0.29) is 5.41 Å². The first-order valence-corrected chi connectivity index (χ1v) is 17.8. The lowest BCUT2D eigenvalue weighted by Gasteiger charge is -2.28. The van der Waals surface area contributed by atoms with Crippen LogP contribution in [0.2, 0.25) is 0 Å². The maximum atomic E-state index is 2.47. The fraction of sp³-hybridized carbons (Fsp3) is 0.0638. The summed E-state index contributed by atoms with van der Waals surface area (Å²) in [6.07, 6.45) is 0. The van der Waals surface area contributed by atoms with E-state index in [1.807, 2.05) is 11.3 Å².